The predicted octanol–water partition coefficient (Wildman–Crippen LogP) is 3.24. The highest BCUT2D eigenvalue weighted by Crippen LogP contribution is 2.24. The summed E-state index contributed by atoms with van der Waals surface area (Å²) in [5.41, 5.74) is 3.64. The molecule has 0 fully saturated rings. The fourth-order valence-corrected chi connectivity index (χ4v) is 3.85. The molecule has 1 heterocycles. The van der Waals surface area contributed by atoms with Gasteiger partial charge in [0.2, 0.25) is 6.17 Å². The molecule has 180 valence electrons. The Labute approximate surface area is 204 Å². The Morgan fingerprint density at radius 3 is 2.40 bits per heavy atom. The number of nitrogens with one attached hydrogen (secondary N) is 3. The fraction of sp³-hybridized carbons (Fsp3) is 0.222. The molecule has 0 radical (unpaired) electrons. The molecule has 1 aliphatic rings. The minimum Gasteiger partial charge on any atom is -0.441 e. The van der Waals surface area contributed by atoms with Crippen molar-refractivity contribution in [1.29, 1.82) is 0 Å². The van der Waals surface area contributed by atoms with E-state index >= 15 is 0 Å². The molecule has 8 heteroatoms. The molecule has 1 aliphatic heterocycles. The third-order valence-corrected chi connectivity index (χ3v) is 5.54. The van der Waals surface area contributed by atoms with Gasteiger partial charge in [0.15, 0.2) is 0 Å². The molecule has 35 heavy (non-hydrogen) atoms. The molecular formula is C27H28N4O4. The number of para-hydroxylation sites is 1. The number of aliphatic imine (C=N–C) groups is 1. The molecule has 0 saturated carbocycles. The van der Waals surface area contributed by atoms with Crippen molar-refractivity contribution in [2.75, 3.05) is 25.0 Å². The van der Waals surface area contributed by atoms with E-state index in [1.807, 2.05) is 78.9 Å². The first-order valence-corrected chi connectivity index (χ1v) is 11.5. The van der Waals surface area contributed by atoms with Gasteiger partial charge in [0.25, 0.3) is 5.91 Å². The highest BCUT2D eigenvalue weighted by atomic mass is 16.6. The number of carbonyl (C=O) groups is 2. The van der Waals surface area contributed by atoms with E-state index in [4.69, 9.17) is 9.84 Å². The maximum Gasteiger partial charge on any atom is 0.409 e. The number of benzodiazepines with no additional fused rings is 1. The number of benzene rings is 3. The van der Waals surface area contributed by atoms with Gasteiger partial charge >= 0.3 is 6.09 Å². The monoisotopic (exact) mass is 472 g/mol. The van der Waals surface area contributed by atoms with E-state index in [2.05, 4.69) is 20.9 Å². The molecule has 3 aromatic rings. The summed E-state index contributed by atoms with van der Waals surface area (Å²) in [5.74, 6) is -0.457. The van der Waals surface area contributed by atoms with Gasteiger partial charge in [0, 0.05) is 24.1 Å². The summed E-state index contributed by atoms with van der Waals surface area (Å²) >= 11 is 0. The van der Waals surface area contributed by atoms with Gasteiger partial charge in [-0.25, -0.2) is 9.79 Å². The van der Waals surface area contributed by atoms with Gasteiger partial charge in [-0.2, -0.15) is 0 Å². The number of alkyl carbamates (subject to hydrolysis) is 1. The SMILES string of the molecule is O=C(N[C@H]1N=C(c2ccccc2)c2ccccc2NC1=O)O[C@H](CCNCCO)c1ccccc1. The van der Waals surface area contributed by atoms with Crippen molar-refractivity contribution >= 4 is 23.4 Å². The molecule has 0 aromatic heterocycles. The van der Waals surface area contributed by atoms with Crippen LogP contribution in [-0.4, -0.2) is 48.7 Å². The number of fused-ring (bicyclic) bond motifs is 1. The summed E-state index contributed by atoms with van der Waals surface area (Å²) in [7, 11) is 0. The number of aliphatic hydroxyl groups is 1. The minimum absolute atomic E-state index is 0.0261. The summed E-state index contributed by atoms with van der Waals surface area (Å²) in [6, 6.07) is 26.3. The van der Waals surface area contributed by atoms with E-state index in [1.54, 1.807) is 6.07 Å². The average Bonchev–Trinajstić information content (AvgIpc) is 3.03. The summed E-state index contributed by atoms with van der Waals surface area (Å²) in [6.07, 6.45) is -1.96. The van der Waals surface area contributed by atoms with Gasteiger partial charge in [-0.3, -0.25) is 10.1 Å². The van der Waals surface area contributed by atoms with Crippen LogP contribution in [0.4, 0.5) is 10.5 Å². The minimum atomic E-state index is -1.17. The van der Waals surface area contributed by atoms with Crippen molar-refractivity contribution < 1.29 is 19.4 Å². The van der Waals surface area contributed by atoms with E-state index in [9.17, 15) is 9.59 Å². The van der Waals surface area contributed by atoms with Crippen LogP contribution in [0.15, 0.2) is 89.9 Å². The van der Waals surface area contributed by atoms with Crippen LogP contribution < -0.4 is 16.0 Å². The molecule has 2 atom stereocenters. The lowest BCUT2D eigenvalue weighted by atomic mass is 10.0. The topological polar surface area (TPSA) is 112 Å². The summed E-state index contributed by atoms with van der Waals surface area (Å²) in [4.78, 5) is 30.5. The quantitative estimate of drug-likeness (QED) is 0.357. The highest BCUT2D eigenvalue weighted by molar-refractivity contribution is 6.19. The van der Waals surface area contributed by atoms with Crippen LogP contribution in [0, 0.1) is 0 Å². The second kappa shape index (κ2) is 11.9. The number of amides is 2. The molecule has 3 aromatic carbocycles. The van der Waals surface area contributed by atoms with E-state index < -0.39 is 24.3 Å². The van der Waals surface area contributed by atoms with Crippen molar-refractivity contribution in [3.63, 3.8) is 0 Å². The first kappa shape index (κ1) is 24.1. The second-order valence-corrected chi connectivity index (χ2v) is 7.99. The lowest BCUT2D eigenvalue weighted by Gasteiger charge is -2.20. The Morgan fingerprint density at radius 1 is 0.971 bits per heavy atom. The molecule has 0 unspecified atom stereocenters. The zero-order chi connectivity index (χ0) is 24.5. The van der Waals surface area contributed by atoms with E-state index in [-0.39, 0.29) is 6.61 Å². The van der Waals surface area contributed by atoms with Crippen molar-refractivity contribution in [2.24, 2.45) is 4.99 Å². The molecule has 0 saturated heterocycles. The van der Waals surface area contributed by atoms with Crippen LogP contribution in [0.3, 0.4) is 0 Å². The lowest BCUT2D eigenvalue weighted by Crippen LogP contribution is -2.43. The lowest BCUT2D eigenvalue weighted by molar-refractivity contribution is -0.117. The Morgan fingerprint density at radius 2 is 1.66 bits per heavy atom. The molecule has 0 aliphatic carbocycles. The maximum absolute atomic E-state index is 13.0. The standard InChI is InChI=1S/C27H28N4O4/c32-18-17-28-16-15-23(19-9-3-1-4-10-19)35-27(34)31-25-26(33)29-22-14-8-7-13-21(22)24(30-25)20-11-5-2-6-12-20/h1-14,23,25,28,32H,15-18H2,(H,29,33)(H,31,34)/t23-,25-/m1/s1. The Kier molecular flexibility index (Phi) is 8.21. The normalized spacial score (nSPS) is 15.7. The summed E-state index contributed by atoms with van der Waals surface area (Å²) in [5, 5.41) is 17.6. The first-order chi connectivity index (χ1) is 17.2. The van der Waals surface area contributed by atoms with E-state index in [0.29, 0.717) is 30.9 Å². The highest BCUT2D eigenvalue weighted by Gasteiger charge is 2.28. The van der Waals surface area contributed by atoms with Gasteiger partial charge in [0.05, 0.1) is 18.0 Å². The van der Waals surface area contributed by atoms with Crippen LogP contribution in [0.2, 0.25) is 0 Å². The molecule has 0 bridgehead atoms. The summed E-state index contributed by atoms with van der Waals surface area (Å²) in [6.45, 7) is 1.02. The zero-order valence-electron chi connectivity index (χ0n) is 19.2. The van der Waals surface area contributed by atoms with Gasteiger partial charge < -0.3 is 20.5 Å². The maximum atomic E-state index is 13.0. The van der Waals surface area contributed by atoms with Crippen LogP contribution in [0.5, 0.6) is 0 Å². The molecule has 8 nitrogen and oxygen atoms in total. The molecule has 4 rings (SSSR count). The average molecular weight is 473 g/mol. The van der Waals surface area contributed by atoms with Gasteiger partial charge in [0.1, 0.15) is 6.10 Å². The smallest absolute Gasteiger partial charge is 0.409 e. The van der Waals surface area contributed by atoms with E-state index in [0.717, 1.165) is 16.7 Å². The van der Waals surface area contributed by atoms with E-state index in [1.165, 1.54) is 0 Å². The van der Waals surface area contributed by atoms with Gasteiger partial charge in [-0.05, 0) is 18.2 Å². The Hall–Kier alpha value is -4.01. The number of ether oxygens (including phenoxy) is 1. The van der Waals surface area contributed by atoms with Crippen LogP contribution in [0.1, 0.15) is 29.2 Å². The first-order valence-electron chi connectivity index (χ1n) is 11.5. The Bertz CT molecular complexity index is 1170. The van der Waals surface area contributed by atoms with Crippen molar-refractivity contribution in [3.8, 4) is 0 Å². The molecule has 4 N–H and O–H groups in total. The third kappa shape index (κ3) is 6.32. The van der Waals surface area contributed by atoms with Crippen LogP contribution in [-0.2, 0) is 9.53 Å². The largest absolute Gasteiger partial charge is 0.441 e. The van der Waals surface area contributed by atoms with Crippen LogP contribution >= 0.6 is 0 Å². The number of aliphatic hydroxyl groups excluding tert-OH is 1. The second-order valence-electron chi connectivity index (χ2n) is 7.99. The third-order valence-electron chi connectivity index (χ3n) is 5.54. The van der Waals surface area contributed by atoms with Crippen molar-refractivity contribution in [3.05, 3.63) is 102 Å². The van der Waals surface area contributed by atoms with Gasteiger partial charge in [-0.1, -0.05) is 78.9 Å². The predicted molar refractivity (Wildman–Crippen MR) is 134 cm³/mol. The van der Waals surface area contributed by atoms with Gasteiger partial charge in [-0.15, -0.1) is 0 Å². The zero-order valence-corrected chi connectivity index (χ0v) is 19.2. The number of anilines is 1. The number of nitrogens with zero attached hydrogens (tertiary/aromatic N) is 1. The van der Waals surface area contributed by atoms with Crippen LogP contribution in [0.25, 0.3) is 0 Å². The number of carbonyl (C=O) groups excluding carboxylic acids is 2. The Balaban J connectivity index is 1.54. The summed E-state index contributed by atoms with van der Waals surface area (Å²) < 4.78 is 5.72. The molecular weight excluding hydrogens is 444 g/mol. The molecule has 2 amide bonds. The number of hydrogen-bond acceptors (Lipinski definition) is 6. The van der Waals surface area contributed by atoms with Crippen molar-refractivity contribution in [2.45, 2.75) is 18.7 Å². The fourth-order valence-electron chi connectivity index (χ4n) is 3.85. The van der Waals surface area contributed by atoms with Crippen molar-refractivity contribution in [1.82, 2.24) is 10.6 Å². The molecule has 0 spiro atoms. The number of rotatable bonds is 9. The number of hydrogen-bond donors (Lipinski definition) is 4.